The van der Waals surface area contributed by atoms with E-state index in [9.17, 15) is 9.59 Å². The van der Waals surface area contributed by atoms with E-state index < -0.39 is 5.24 Å². The lowest BCUT2D eigenvalue weighted by atomic mass is 9.49. The van der Waals surface area contributed by atoms with Gasteiger partial charge in [-0.3, -0.25) is 9.59 Å². The summed E-state index contributed by atoms with van der Waals surface area (Å²) in [6.07, 6.45) is 6.78. The predicted octanol–water partition coefficient (Wildman–Crippen LogP) is 2.51. The van der Waals surface area contributed by atoms with E-state index in [4.69, 9.17) is 16.3 Å². The van der Waals surface area contributed by atoms with Crippen LogP contribution in [0.4, 0.5) is 0 Å². The first-order chi connectivity index (χ1) is 8.07. The fourth-order valence-electron chi connectivity index (χ4n) is 4.64. The molecule has 0 aromatic rings. The highest BCUT2D eigenvalue weighted by atomic mass is 35.5. The van der Waals surface area contributed by atoms with Crippen LogP contribution < -0.4 is 0 Å². The number of hydrogen-bond donors (Lipinski definition) is 0. The van der Waals surface area contributed by atoms with Gasteiger partial charge in [-0.2, -0.15) is 0 Å². The number of rotatable bonds is 3. The van der Waals surface area contributed by atoms with Crippen molar-refractivity contribution in [2.45, 2.75) is 38.5 Å². The predicted molar refractivity (Wildman–Crippen MR) is 62.4 cm³/mol. The summed E-state index contributed by atoms with van der Waals surface area (Å²) in [6.45, 7) is -0.276. The molecule has 4 aliphatic carbocycles. The molecule has 0 amide bonds. The van der Waals surface area contributed by atoms with Crippen LogP contribution in [0.15, 0.2) is 0 Å². The molecule has 4 saturated carbocycles. The van der Waals surface area contributed by atoms with Crippen molar-refractivity contribution in [2.24, 2.45) is 23.2 Å². The summed E-state index contributed by atoms with van der Waals surface area (Å²) in [6, 6.07) is 0. The SMILES string of the molecule is O=C(Cl)COC(=O)C12CC3CC(CC(C3)C1)C2. The van der Waals surface area contributed by atoms with Crippen LogP contribution in [0.3, 0.4) is 0 Å². The number of esters is 1. The number of carbonyl (C=O) groups is 2. The molecular weight excluding hydrogens is 240 g/mol. The lowest BCUT2D eigenvalue weighted by Crippen LogP contribution is -2.50. The Morgan fingerprint density at radius 1 is 1.06 bits per heavy atom. The average molecular weight is 257 g/mol. The molecule has 3 nitrogen and oxygen atoms in total. The Hall–Kier alpha value is -0.570. The van der Waals surface area contributed by atoms with Gasteiger partial charge in [0.15, 0.2) is 6.61 Å². The molecule has 4 bridgehead atoms. The summed E-state index contributed by atoms with van der Waals surface area (Å²) < 4.78 is 5.07. The highest BCUT2D eigenvalue weighted by Crippen LogP contribution is 2.60. The quantitative estimate of drug-likeness (QED) is 0.576. The largest absolute Gasteiger partial charge is 0.456 e. The van der Waals surface area contributed by atoms with Gasteiger partial charge >= 0.3 is 5.97 Å². The molecule has 4 aliphatic rings. The Balaban J connectivity index is 1.73. The Bertz CT molecular complexity index is 328. The summed E-state index contributed by atoms with van der Waals surface area (Å²) in [5, 5.41) is -0.594. The fourth-order valence-corrected chi connectivity index (χ4v) is 4.69. The van der Waals surface area contributed by atoms with Crippen molar-refractivity contribution in [1.82, 2.24) is 0 Å². The second kappa shape index (κ2) is 3.98. The number of halogens is 1. The van der Waals surface area contributed by atoms with Crippen LogP contribution in [0.5, 0.6) is 0 Å². The molecular formula is C13H17ClO3. The highest BCUT2D eigenvalue weighted by Gasteiger charge is 2.55. The molecule has 4 heteroatoms. The van der Waals surface area contributed by atoms with Gasteiger partial charge in [0.05, 0.1) is 5.41 Å². The molecule has 0 atom stereocenters. The van der Waals surface area contributed by atoms with Crippen LogP contribution in [0, 0.1) is 23.2 Å². The molecule has 4 rings (SSSR count). The molecule has 0 radical (unpaired) electrons. The van der Waals surface area contributed by atoms with Crippen molar-refractivity contribution < 1.29 is 14.3 Å². The molecule has 4 fully saturated rings. The summed E-state index contributed by atoms with van der Waals surface area (Å²) >= 11 is 5.21. The van der Waals surface area contributed by atoms with E-state index in [0.717, 1.165) is 19.3 Å². The average Bonchev–Trinajstić information content (AvgIpc) is 2.23. The Labute approximate surface area is 106 Å². The summed E-state index contributed by atoms with van der Waals surface area (Å²) in [4.78, 5) is 22.8. The van der Waals surface area contributed by atoms with E-state index >= 15 is 0 Å². The normalized spacial score (nSPS) is 42.5. The summed E-state index contributed by atoms with van der Waals surface area (Å²) in [5.41, 5.74) is -0.277. The van der Waals surface area contributed by atoms with Crippen molar-refractivity contribution in [1.29, 1.82) is 0 Å². The minimum atomic E-state index is -0.594. The minimum Gasteiger partial charge on any atom is -0.456 e. The molecule has 0 saturated heterocycles. The van der Waals surface area contributed by atoms with Crippen LogP contribution in [-0.4, -0.2) is 17.8 Å². The van der Waals surface area contributed by atoms with Gasteiger partial charge in [-0.1, -0.05) is 0 Å². The van der Waals surface area contributed by atoms with Gasteiger partial charge in [0.2, 0.25) is 0 Å². The van der Waals surface area contributed by atoms with Crippen LogP contribution in [-0.2, 0) is 14.3 Å². The Morgan fingerprint density at radius 2 is 1.53 bits per heavy atom. The van der Waals surface area contributed by atoms with Gasteiger partial charge in [0.25, 0.3) is 5.24 Å². The van der Waals surface area contributed by atoms with Gasteiger partial charge in [0, 0.05) is 0 Å². The Kier molecular flexibility index (Phi) is 2.69. The fraction of sp³-hybridized carbons (Fsp3) is 0.846. The van der Waals surface area contributed by atoms with Gasteiger partial charge in [-0.15, -0.1) is 0 Å². The molecule has 0 aromatic heterocycles. The maximum atomic E-state index is 12.2. The van der Waals surface area contributed by atoms with Gasteiger partial charge in [-0.05, 0) is 67.9 Å². The molecule has 94 valence electrons. The van der Waals surface area contributed by atoms with E-state index in [1.165, 1.54) is 19.3 Å². The lowest BCUT2D eigenvalue weighted by Gasteiger charge is -2.55. The van der Waals surface area contributed by atoms with E-state index in [-0.39, 0.29) is 18.0 Å². The highest BCUT2D eigenvalue weighted by molar-refractivity contribution is 6.64. The maximum Gasteiger partial charge on any atom is 0.312 e. The molecule has 0 spiro atoms. The lowest BCUT2D eigenvalue weighted by molar-refractivity contribution is -0.172. The van der Waals surface area contributed by atoms with Crippen LogP contribution in [0.2, 0.25) is 0 Å². The first-order valence-corrected chi connectivity index (χ1v) is 6.81. The van der Waals surface area contributed by atoms with E-state index in [1.807, 2.05) is 0 Å². The Morgan fingerprint density at radius 3 is 1.94 bits per heavy atom. The van der Waals surface area contributed by atoms with Crippen LogP contribution in [0.1, 0.15) is 38.5 Å². The smallest absolute Gasteiger partial charge is 0.312 e. The first kappa shape index (κ1) is 11.5. The molecule has 17 heavy (non-hydrogen) atoms. The van der Waals surface area contributed by atoms with Crippen molar-refractivity contribution in [2.75, 3.05) is 6.61 Å². The van der Waals surface area contributed by atoms with Crippen molar-refractivity contribution in [3.05, 3.63) is 0 Å². The van der Waals surface area contributed by atoms with Crippen molar-refractivity contribution in [3.63, 3.8) is 0 Å². The van der Waals surface area contributed by atoms with E-state index in [2.05, 4.69) is 0 Å². The zero-order valence-electron chi connectivity index (χ0n) is 9.78. The zero-order chi connectivity index (χ0) is 12.0. The van der Waals surface area contributed by atoms with E-state index in [0.29, 0.717) is 17.8 Å². The molecule has 0 N–H and O–H groups in total. The van der Waals surface area contributed by atoms with Crippen LogP contribution >= 0.6 is 11.6 Å². The number of ether oxygens (including phenoxy) is 1. The topological polar surface area (TPSA) is 43.4 Å². The third-order valence-corrected chi connectivity index (χ3v) is 4.90. The first-order valence-electron chi connectivity index (χ1n) is 6.43. The van der Waals surface area contributed by atoms with Gasteiger partial charge in [-0.25, -0.2) is 0 Å². The second-order valence-electron chi connectivity index (χ2n) is 6.13. The summed E-state index contributed by atoms with van der Waals surface area (Å²) in [5.74, 6) is 1.95. The number of carbonyl (C=O) groups excluding carboxylic acids is 2. The second-order valence-corrected chi connectivity index (χ2v) is 6.55. The third-order valence-electron chi connectivity index (χ3n) is 4.79. The molecule has 0 aliphatic heterocycles. The van der Waals surface area contributed by atoms with Crippen molar-refractivity contribution in [3.8, 4) is 0 Å². The summed E-state index contributed by atoms with van der Waals surface area (Å²) in [7, 11) is 0. The zero-order valence-corrected chi connectivity index (χ0v) is 10.5. The van der Waals surface area contributed by atoms with Gasteiger partial charge < -0.3 is 4.74 Å². The minimum absolute atomic E-state index is 0.175. The standard InChI is InChI=1S/C13H17ClO3/c14-11(15)7-17-12(16)13-4-8-1-9(5-13)3-10(2-8)6-13/h8-10H,1-7H2. The molecule has 0 aromatic carbocycles. The maximum absolute atomic E-state index is 12.2. The van der Waals surface area contributed by atoms with E-state index in [1.54, 1.807) is 0 Å². The monoisotopic (exact) mass is 256 g/mol. The number of hydrogen-bond acceptors (Lipinski definition) is 3. The van der Waals surface area contributed by atoms with Crippen molar-refractivity contribution >= 4 is 22.8 Å². The molecule has 0 heterocycles. The molecule has 0 unspecified atom stereocenters. The van der Waals surface area contributed by atoms with Gasteiger partial charge in [0.1, 0.15) is 0 Å². The van der Waals surface area contributed by atoms with Crippen LogP contribution in [0.25, 0.3) is 0 Å². The third kappa shape index (κ3) is 1.99.